The summed E-state index contributed by atoms with van der Waals surface area (Å²) in [7, 11) is 1.12. The predicted molar refractivity (Wildman–Crippen MR) is 67.3 cm³/mol. The molecule has 1 aliphatic rings. The van der Waals surface area contributed by atoms with E-state index in [1.54, 1.807) is 0 Å². The maximum Gasteiger partial charge on any atom is 1.00 e. The highest BCUT2D eigenvalue weighted by atomic mass is 28.1. The van der Waals surface area contributed by atoms with Gasteiger partial charge in [0.05, 0.1) is 5.22 Å². The molecule has 2 heteroatoms. The van der Waals surface area contributed by atoms with E-state index >= 15 is 0 Å². The molecule has 81 valence electrons. The van der Waals surface area contributed by atoms with Gasteiger partial charge in [-0.2, -0.15) is 0 Å². The molecule has 2 rings (SSSR count). The van der Waals surface area contributed by atoms with Crippen molar-refractivity contribution in [2.75, 3.05) is 6.61 Å². The monoisotopic (exact) mass is 220 g/mol. The summed E-state index contributed by atoms with van der Waals surface area (Å²) in [6, 6.07) is 11.4. The van der Waals surface area contributed by atoms with Gasteiger partial charge in [-0.3, -0.25) is 0 Å². The largest absolute Gasteiger partial charge is 1.00 e. The van der Waals surface area contributed by atoms with Crippen LogP contribution in [0.5, 0.6) is 0 Å². The normalized spacial score (nSPS) is 28.9. The molecule has 2 unspecified atom stereocenters. The first kappa shape index (κ1) is 10.9. The number of hydrogen-bond donors (Lipinski definition) is 0. The Morgan fingerprint density at radius 3 is 2.80 bits per heavy atom. The van der Waals surface area contributed by atoms with Crippen molar-refractivity contribution < 1.29 is 6.16 Å². The Morgan fingerprint density at radius 2 is 2.20 bits per heavy atom. The van der Waals surface area contributed by atoms with Gasteiger partial charge < -0.3 is 4.74 Å². The lowest BCUT2D eigenvalue weighted by Crippen LogP contribution is -2.41. The molecular formula is C13H20OSi+. The van der Waals surface area contributed by atoms with E-state index in [1.165, 1.54) is 24.8 Å². The van der Waals surface area contributed by atoms with E-state index in [0.717, 1.165) is 16.8 Å². The molecule has 0 spiro atoms. The fourth-order valence-electron chi connectivity index (χ4n) is 2.34. The minimum atomic E-state index is 0. The Balaban J connectivity index is 0.00000128. The van der Waals surface area contributed by atoms with Gasteiger partial charge in [-0.15, -0.1) is 0 Å². The van der Waals surface area contributed by atoms with Crippen LogP contribution in [0, 0.1) is 6.07 Å². The first-order valence-corrected chi connectivity index (χ1v) is 6.82. The molecule has 1 heterocycles. The summed E-state index contributed by atoms with van der Waals surface area (Å²) in [6.07, 6.45) is 3.80. The average Bonchev–Trinajstić information content (AvgIpc) is 2.30. The van der Waals surface area contributed by atoms with Crippen LogP contribution >= 0.6 is 0 Å². The zero-order valence-electron chi connectivity index (χ0n) is 10.6. The van der Waals surface area contributed by atoms with E-state index in [4.69, 9.17) is 4.74 Å². The summed E-state index contributed by atoms with van der Waals surface area (Å²) in [5.74, 6) is 0.527. The molecule has 0 bridgehead atoms. The van der Waals surface area contributed by atoms with E-state index in [-0.39, 0.29) is 6.65 Å². The lowest BCUT2D eigenvalue weighted by atomic mass is 9.90. The van der Waals surface area contributed by atoms with Crippen molar-refractivity contribution in [3.8, 4) is 0 Å². The third-order valence-corrected chi connectivity index (χ3v) is 5.31. The molecule has 1 saturated heterocycles. The molecule has 1 radical (unpaired) electrons. The first-order valence-electron chi connectivity index (χ1n) is 5.82. The number of rotatable bonds is 2. The van der Waals surface area contributed by atoms with E-state index in [2.05, 4.69) is 25.1 Å². The third kappa shape index (κ3) is 2.32. The molecule has 2 atom stereocenters. The van der Waals surface area contributed by atoms with Crippen LogP contribution in [-0.4, -0.2) is 22.1 Å². The van der Waals surface area contributed by atoms with Gasteiger partial charge in [0.2, 0.25) is 0 Å². The highest BCUT2D eigenvalue weighted by Crippen LogP contribution is 2.35. The maximum atomic E-state index is 6.03. The van der Waals surface area contributed by atoms with Crippen molar-refractivity contribution in [2.45, 2.75) is 37.3 Å². The minimum absolute atomic E-state index is 0. The zero-order chi connectivity index (χ0) is 10.7. The van der Waals surface area contributed by atoms with Gasteiger partial charge in [0.25, 0.3) is 0 Å². The van der Waals surface area contributed by atoms with Crippen LogP contribution in [0.4, 0.5) is 0 Å². The second kappa shape index (κ2) is 4.50. The molecule has 1 aromatic carbocycles. The smallest absolute Gasteiger partial charge is 0.379 e. The average molecular weight is 220 g/mol. The molecule has 0 N–H and O–H groups in total. The summed E-state index contributed by atoms with van der Waals surface area (Å²) in [6.45, 7) is 3.25. The zero-order valence-corrected chi connectivity index (χ0v) is 11.6. The molecule has 0 aromatic heterocycles. The Hall–Kier alpha value is -0.603. The number of hydrogen-bond acceptors (Lipinski definition) is 1. The molecular weight excluding hydrogens is 200 g/mol. The Labute approximate surface area is 96.7 Å². The Morgan fingerprint density at radius 1 is 1.47 bits per heavy atom. The van der Waals surface area contributed by atoms with Crippen LogP contribution in [0.15, 0.2) is 24.3 Å². The second-order valence-corrected chi connectivity index (χ2v) is 6.37. The molecule has 1 aromatic rings. The highest BCUT2D eigenvalue weighted by molar-refractivity contribution is 6.15. The van der Waals surface area contributed by atoms with Crippen molar-refractivity contribution in [1.82, 2.24) is 0 Å². The van der Waals surface area contributed by atoms with Gasteiger partial charge >= 0.3 is 1.43 Å². The van der Waals surface area contributed by atoms with Crippen LogP contribution < -0.4 is 0 Å². The maximum absolute atomic E-state index is 6.03. The molecule has 1 nitrogen and oxygen atoms in total. The van der Waals surface area contributed by atoms with Gasteiger partial charge in [0.15, 0.2) is 0 Å². The lowest BCUT2D eigenvalue weighted by molar-refractivity contribution is -0.0318. The first-order chi connectivity index (χ1) is 7.22. The topological polar surface area (TPSA) is 9.23 Å². The summed E-state index contributed by atoms with van der Waals surface area (Å²) in [5.41, 5.74) is 1.39. The molecule has 15 heavy (non-hydrogen) atoms. The minimum Gasteiger partial charge on any atom is -0.379 e. The van der Waals surface area contributed by atoms with Gasteiger partial charge in [-0.1, -0.05) is 31.2 Å². The van der Waals surface area contributed by atoms with Crippen molar-refractivity contribution in [3.05, 3.63) is 35.9 Å². The molecule has 0 amide bonds. The fraction of sp³-hybridized carbons (Fsp3) is 0.538. The van der Waals surface area contributed by atoms with Crippen molar-refractivity contribution >= 4 is 10.2 Å². The van der Waals surface area contributed by atoms with E-state index in [9.17, 15) is 0 Å². The highest BCUT2D eigenvalue weighted by Gasteiger charge is 2.34. The number of benzene rings is 1. The fourth-order valence-corrected chi connectivity index (χ4v) is 3.23. The van der Waals surface area contributed by atoms with Crippen LogP contribution in [0.1, 0.15) is 39.1 Å². The lowest BCUT2D eigenvalue weighted by Gasteiger charge is -2.39. The quantitative estimate of drug-likeness (QED) is 0.692. The van der Waals surface area contributed by atoms with Gasteiger partial charge in [-0.05, 0) is 30.9 Å². The summed E-state index contributed by atoms with van der Waals surface area (Å²) in [4.78, 5) is 0. The third-order valence-electron chi connectivity index (χ3n) is 3.66. The molecule has 0 aliphatic carbocycles. The molecule has 0 saturated carbocycles. The van der Waals surface area contributed by atoms with Crippen molar-refractivity contribution in [3.63, 3.8) is 0 Å². The van der Waals surface area contributed by atoms with Crippen LogP contribution in [0.25, 0.3) is 0 Å². The van der Waals surface area contributed by atoms with E-state index in [1.807, 2.05) is 12.1 Å². The van der Waals surface area contributed by atoms with Crippen LogP contribution in [-0.2, 0) is 4.74 Å². The summed E-state index contributed by atoms with van der Waals surface area (Å²) >= 11 is 0. The SMILES string of the molecule is CC(c1cc[c]cc1)C1([SiH3])CCCCO1.[H+]. The van der Waals surface area contributed by atoms with E-state index in [0.29, 0.717) is 5.92 Å². The molecule has 1 aliphatic heterocycles. The predicted octanol–water partition coefficient (Wildman–Crippen LogP) is 1.96. The number of ether oxygens (including phenoxy) is 1. The Kier molecular flexibility index (Phi) is 3.27. The van der Waals surface area contributed by atoms with Crippen LogP contribution in [0.2, 0.25) is 0 Å². The second-order valence-electron chi connectivity index (χ2n) is 4.67. The Bertz CT molecular complexity index is 309. The van der Waals surface area contributed by atoms with Gasteiger partial charge in [-0.25, -0.2) is 0 Å². The summed E-state index contributed by atoms with van der Waals surface area (Å²) in [5, 5.41) is 0.166. The summed E-state index contributed by atoms with van der Waals surface area (Å²) < 4.78 is 6.03. The van der Waals surface area contributed by atoms with E-state index < -0.39 is 0 Å². The van der Waals surface area contributed by atoms with Crippen molar-refractivity contribution in [1.29, 1.82) is 0 Å². The van der Waals surface area contributed by atoms with Crippen LogP contribution in [0.3, 0.4) is 0 Å². The standard InChI is InChI=1S/C13H19OSi/c1-11(12-7-3-2-4-8-12)13(15)9-5-6-10-14-13/h3-4,7-8,11H,5-6,9-10H2,1,15H3/p+1. The molecule has 1 fully saturated rings. The van der Waals surface area contributed by atoms with Gasteiger partial charge in [0.1, 0.15) is 0 Å². The van der Waals surface area contributed by atoms with Gasteiger partial charge in [0, 0.05) is 22.8 Å². The van der Waals surface area contributed by atoms with Crippen molar-refractivity contribution in [2.24, 2.45) is 0 Å².